The number of anilines is 1. The number of carbonyl (C=O) groups is 1. The van der Waals surface area contributed by atoms with Crippen molar-refractivity contribution in [1.29, 1.82) is 0 Å². The van der Waals surface area contributed by atoms with E-state index in [1.54, 1.807) is 30.9 Å². The highest BCUT2D eigenvalue weighted by atomic mass is 16.5. The molecule has 0 spiro atoms. The number of pyridine rings is 1. The number of hydrogen-bond donors (Lipinski definition) is 2. The molecule has 2 heterocycles. The van der Waals surface area contributed by atoms with Crippen LogP contribution in [0.1, 0.15) is 13.3 Å². The minimum atomic E-state index is -0.269. The van der Waals surface area contributed by atoms with Gasteiger partial charge in [0, 0.05) is 31.7 Å². The van der Waals surface area contributed by atoms with Gasteiger partial charge in [-0.1, -0.05) is 0 Å². The van der Waals surface area contributed by atoms with Crippen LogP contribution in [-0.2, 0) is 6.54 Å². The molecule has 7 heteroatoms. The van der Waals surface area contributed by atoms with Gasteiger partial charge >= 0.3 is 6.03 Å². The van der Waals surface area contributed by atoms with E-state index < -0.39 is 0 Å². The van der Waals surface area contributed by atoms with Crippen LogP contribution in [0.5, 0.6) is 5.88 Å². The minimum absolute atomic E-state index is 0.269. The van der Waals surface area contributed by atoms with Crippen molar-refractivity contribution in [3.8, 4) is 5.88 Å². The lowest BCUT2D eigenvalue weighted by atomic mass is 10.4. The number of aryl methyl sites for hydroxylation is 1. The maximum absolute atomic E-state index is 11.8. The zero-order chi connectivity index (χ0) is 14.9. The molecule has 21 heavy (non-hydrogen) atoms. The van der Waals surface area contributed by atoms with Crippen molar-refractivity contribution in [2.45, 2.75) is 19.9 Å². The van der Waals surface area contributed by atoms with Crippen LogP contribution >= 0.6 is 0 Å². The van der Waals surface area contributed by atoms with Crippen LogP contribution in [0, 0.1) is 0 Å². The number of ether oxygens (including phenoxy) is 1. The molecule has 0 radical (unpaired) electrons. The van der Waals surface area contributed by atoms with Crippen LogP contribution in [-0.4, -0.2) is 33.7 Å². The predicted octanol–water partition coefficient (Wildman–Crippen LogP) is 1.89. The predicted molar refractivity (Wildman–Crippen MR) is 79.3 cm³/mol. The fourth-order valence-corrected chi connectivity index (χ4v) is 1.79. The van der Waals surface area contributed by atoms with Gasteiger partial charge in [-0.2, -0.15) is 0 Å². The molecule has 0 aliphatic rings. The van der Waals surface area contributed by atoms with Gasteiger partial charge in [0.15, 0.2) is 0 Å². The zero-order valence-corrected chi connectivity index (χ0v) is 12.0. The Balaban J connectivity index is 1.74. The fourth-order valence-electron chi connectivity index (χ4n) is 1.79. The molecule has 7 nitrogen and oxygen atoms in total. The fraction of sp³-hybridized carbons (Fsp3) is 0.357. The third-order valence-corrected chi connectivity index (χ3v) is 2.74. The van der Waals surface area contributed by atoms with Crippen LogP contribution in [0.15, 0.2) is 37.1 Å². The molecule has 0 aromatic carbocycles. The highest BCUT2D eigenvalue weighted by Gasteiger charge is 2.07. The molecule has 2 aromatic heterocycles. The summed E-state index contributed by atoms with van der Waals surface area (Å²) in [5, 5.41) is 5.53. The molecule has 112 valence electrons. The van der Waals surface area contributed by atoms with Gasteiger partial charge in [-0.05, 0) is 25.5 Å². The lowest BCUT2D eigenvalue weighted by molar-refractivity contribution is 0.251. The molecular weight excluding hydrogens is 270 g/mol. The summed E-state index contributed by atoms with van der Waals surface area (Å²) in [6.45, 7) is 3.76. The second kappa shape index (κ2) is 7.88. The van der Waals surface area contributed by atoms with Crippen molar-refractivity contribution < 1.29 is 9.53 Å². The molecule has 0 saturated carbocycles. The molecule has 2 aromatic rings. The van der Waals surface area contributed by atoms with Crippen molar-refractivity contribution in [3.05, 3.63) is 37.1 Å². The van der Waals surface area contributed by atoms with Crippen LogP contribution in [0.3, 0.4) is 0 Å². The second-order valence-corrected chi connectivity index (χ2v) is 4.32. The Morgan fingerprint density at radius 1 is 1.43 bits per heavy atom. The van der Waals surface area contributed by atoms with E-state index >= 15 is 0 Å². The number of nitrogens with zero attached hydrogens (tertiary/aromatic N) is 3. The summed E-state index contributed by atoms with van der Waals surface area (Å²) in [6.07, 6.45) is 7.83. The first-order chi connectivity index (χ1) is 10.3. The number of amides is 2. The van der Waals surface area contributed by atoms with Gasteiger partial charge in [-0.3, -0.25) is 0 Å². The van der Waals surface area contributed by atoms with Crippen molar-refractivity contribution in [2.24, 2.45) is 0 Å². The van der Waals surface area contributed by atoms with Gasteiger partial charge in [0.1, 0.15) is 5.69 Å². The third kappa shape index (κ3) is 4.79. The number of hydrogen-bond acceptors (Lipinski definition) is 4. The first-order valence-electron chi connectivity index (χ1n) is 6.88. The molecule has 2 rings (SSSR count). The highest BCUT2D eigenvalue weighted by molar-refractivity contribution is 5.90. The summed E-state index contributed by atoms with van der Waals surface area (Å²) in [7, 11) is 0. The maximum Gasteiger partial charge on any atom is 0.319 e. The van der Waals surface area contributed by atoms with E-state index in [1.165, 1.54) is 0 Å². The van der Waals surface area contributed by atoms with Gasteiger partial charge in [0.25, 0.3) is 0 Å². The molecule has 0 atom stereocenters. The Hall–Kier alpha value is -2.57. The Labute approximate surface area is 123 Å². The van der Waals surface area contributed by atoms with E-state index in [2.05, 4.69) is 20.6 Å². The van der Waals surface area contributed by atoms with Gasteiger partial charge in [-0.25, -0.2) is 14.8 Å². The third-order valence-electron chi connectivity index (χ3n) is 2.74. The highest BCUT2D eigenvalue weighted by Crippen LogP contribution is 2.19. The Morgan fingerprint density at radius 3 is 3.10 bits per heavy atom. The van der Waals surface area contributed by atoms with Crippen LogP contribution in [0.2, 0.25) is 0 Å². The SMILES string of the molecule is CCOc1ncccc1NC(=O)NCCCn1ccnc1. The summed E-state index contributed by atoms with van der Waals surface area (Å²) >= 11 is 0. The average molecular weight is 289 g/mol. The lowest BCUT2D eigenvalue weighted by Gasteiger charge is -2.11. The first kappa shape index (κ1) is 14.8. The standard InChI is InChI=1S/C14H19N5O2/c1-2-21-13-12(5-3-6-16-13)18-14(20)17-7-4-9-19-10-8-15-11-19/h3,5-6,8,10-11H,2,4,7,9H2,1H3,(H2,17,18,20). The molecule has 2 amide bonds. The molecule has 0 unspecified atom stereocenters. The molecule has 0 saturated heterocycles. The van der Waals surface area contributed by atoms with Gasteiger partial charge in [0.05, 0.1) is 12.9 Å². The van der Waals surface area contributed by atoms with Gasteiger partial charge in [-0.15, -0.1) is 0 Å². The molecule has 2 N–H and O–H groups in total. The van der Waals surface area contributed by atoms with E-state index in [4.69, 9.17) is 4.74 Å². The van der Waals surface area contributed by atoms with Crippen molar-refractivity contribution in [1.82, 2.24) is 19.9 Å². The molecule has 0 bridgehead atoms. The number of aromatic nitrogens is 3. The number of nitrogens with one attached hydrogen (secondary N) is 2. The summed E-state index contributed by atoms with van der Waals surface area (Å²) in [6, 6.07) is 3.23. The zero-order valence-electron chi connectivity index (χ0n) is 12.0. The maximum atomic E-state index is 11.8. The smallest absolute Gasteiger partial charge is 0.319 e. The van der Waals surface area contributed by atoms with Crippen LogP contribution < -0.4 is 15.4 Å². The Kier molecular flexibility index (Phi) is 5.57. The number of urea groups is 1. The van der Waals surface area contributed by atoms with E-state index in [0.717, 1.165) is 13.0 Å². The summed E-state index contributed by atoms with van der Waals surface area (Å²) in [5.74, 6) is 0.425. The van der Waals surface area contributed by atoms with Crippen LogP contribution in [0.4, 0.5) is 10.5 Å². The van der Waals surface area contributed by atoms with Gasteiger partial charge < -0.3 is 19.9 Å². The Morgan fingerprint density at radius 2 is 2.33 bits per heavy atom. The molecule has 0 aliphatic carbocycles. The molecular formula is C14H19N5O2. The number of imidazole rings is 1. The molecule has 0 fully saturated rings. The first-order valence-corrected chi connectivity index (χ1v) is 6.88. The second-order valence-electron chi connectivity index (χ2n) is 4.32. The lowest BCUT2D eigenvalue weighted by Crippen LogP contribution is -2.30. The van der Waals surface area contributed by atoms with E-state index in [0.29, 0.717) is 24.7 Å². The summed E-state index contributed by atoms with van der Waals surface area (Å²) in [4.78, 5) is 19.8. The van der Waals surface area contributed by atoms with Crippen LogP contribution in [0.25, 0.3) is 0 Å². The van der Waals surface area contributed by atoms with Crippen molar-refractivity contribution >= 4 is 11.7 Å². The number of carbonyl (C=O) groups excluding carboxylic acids is 1. The Bertz CT molecular complexity index is 556. The van der Waals surface area contributed by atoms with E-state index in [1.807, 2.05) is 17.7 Å². The topological polar surface area (TPSA) is 81.1 Å². The van der Waals surface area contributed by atoms with Gasteiger partial charge in [0.2, 0.25) is 5.88 Å². The summed E-state index contributed by atoms with van der Waals surface area (Å²) < 4.78 is 7.31. The average Bonchev–Trinajstić information content (AvgIpc) is 2.99. The van der Waals surface area contributed by atoms with E-state index in [9.17, 15) is 4.79 Å². The minimum Gasteiger partial charge on any atom is -0.476 e. The number of rotatable bonds is 7. The molecule has 0 aliphatic heterocycles. The normalized spacial score (nSPS) is 10.1. The summed E-state index contributed by atoms with van der Waals surface area (Å²) in [5.41, 5.74) is 0.562. The van der Waals surface area contributed by atoms with E-state index in [-0.39, 0.29) is 6.03 Å². The monoisotopic (exact) mass is 289 g/mol. The van der Waals surface area contributed by atoms with Crippen molar-refractivity contribution in [3.63, 3.8) is 0 Å². The van der Waals surface area contributed by atoms with Crippen molar-refractivity contribution in [2.75, 3.05) is 18.5 Å². The quantitative estimate of drug-likeness (QED) is 0.763. The largest absolute Gasteiger partial charge is 0.476 e.